The highest BCUT2D eigenvalue weighted by atomic mass is 16.9. The van der Waals surface area contributed by atoms with E-state index in [1.54, 1.807) is 12.1 Å². The summed E-state index contributed by atoms with van der Waals surface area (Å²) in [6.07, 6.45) is 1.97. The molecule has 1 saturated carbocycles. The Morgan fingerprint density at radius 1 is 0.870 bits per heavy atom. The number of phenols is 1. The zero-order chi connectivity index (χ0) is 16.0. The lowest BCUT2D eigenvalue weighted by Gasteiger charge is -2.48. The topological polar surface area (TPSA) is 38.7 Å². The summed E-state index contributed by atoms with van der Waals surface area (Å²) in [4.78, 5) is 0. The van der Waals surface area contributed by atoms with Crippen LogP contribution in [-0.4, -0.2) is 11.4 Å². The van der Waals surface area contributed by atoms with Crippen molar-refractivity contribution in [3.8, 4) is 5.75 Å². The number of rotatable bonds is 3. The largest absolute Gasteiger partial charge is 0.508 e. The highest BCUT2D eigenvalue weighted by Crippen LogP contribution is 2.52. The number of aromatic hydroxyl groups is 1. The fraction of sp³-hybridized carbons (Fsp3) is 0.400. The number of phenolic OH excluding ortho intramolecular Hbond substituents is 1. The minimum atomic E-state index is -0.219. The van der Waals surface area contributed by atoms with Crippen LogP contribution < -0.4 is 0 Å². The van der Waals surface area contributed by atoms with E-state index < -0.39 is 0 Å². The lowest BCUT2D eigenvalue weighted by molar-refractivity contribution is -0.382. The molecule has 4 rings (SSSR count). The standard InChI is InChI=1S/C20H22O3/c1-13-11-20(12-13,17-7-9-18(21)10-8-17)16-5-3-15(4-6-16)19-22-14(2)23-19/h3-10,13-14,19,21H,11-12H2,1-2H3. The SMILES string of the molecule is CC1CC(c2ccc(O)cc2)(c2ccc(C3OC(C)O3)cc2)C1. The zero-order valence-corrected chi connectivity index (χ0v) is 13.5. The molecule has 1 N–H and O–H groups in total. The molecule has 0 spiro atoms. The van der Waals surface area contributed by atoms with Gasteiger partial charge in [-0.25, -0.2) is 0 Å². The minimum absolute atomic E-state index is 0.0697. The average Bonchev–Trinajstić information content (AvgIpc) is 2.50. The Morgan fingerprint density at radius 3 is 1.87 bits per heavy atom. The van der Waals surface area contributed by atoms with E-state index in [-0.39, 0.29) is 18.0 Å². The first-order valence-electron chi connectivity index (χ1n) is 8.28. The summed E-state index contributed by atoms with van der Waals surface area (Å²) in [5, 5.41) is 9.56. The van der Waals surface area contributed by atoms with Gasteiger partial charge in [-0.05, 0) is 48.9 Å². The van der Waals surface area contributed by atoms with Crippen molar-refractivity contribution in [2.75, 3.05) is 0 Å². The molecular weight excluding hydrogens is 288 g/mol. The third kappa shape index (κ3) is 2.44. The monoisotopic (exact) mass is 310 g/mol. The van der Waals surface area contributed by atoms with E-state index in [9.17, 15) is 5.11 Å². The Bertz CT molecular complexity index is 678. The van der Waals surface area contributed by atoms with Crippen LogP contribution in [0.15, 0.2) is 48.5 Å². The van der Waals surface area contributed by atoms with Crippen LogP contribution in [0.25, 0.3) is 0 Å². The smallest absolute Gasteiger partial charge is 0.189 e. The van der Waals surface area contributed by atoms with Gasteiger partial charge >= 0.3 is 0 Å². The van der Waals surface area contributed by atoms with E-state index in [0.29, 0.717) is 5.75 Å². The Labute approximate surface area is 136 Å². The van der Waals surface area contributed by atoms with E-state index in [4.69, 9.17) is 9.47 Å². The van der Waals surface area contributed by atoms with Crippen LogP contribution >= 0.6 is 0 Å². The Hall–Kier alpha value is -1.84. The van der Waals surface area contributed by atoms with Crippen molar-refractivity contribution in [3.05, 3.63) is 65.2 Å². The van der Waals surface area contributed by atoms with Gasteiger partial charge in [-0.1, -0.05) is 43.3 Å². The predicted molar refractivity (Wildman–Crippen MR) is 88.1 cm³/mol. The first-order valence-corrected chi connectivity index (χ1v) is 8.28. The lowest BCUT2D eigenvalue weighted by atomic mass is 9.56. The molecule has 0 amide bonds. The molecule has 0 atom stereocenters. The quantitative estimate of drug-likeness (QED) is 0.907. The molecule has 0 radical (unpaired) electrons. The number of ether oxygens (including phenoxy) is 2. The van der Waals surface area contributed by atoms with Crippen molar-refractivity contribution in [1.82, 2.24) is 0 Å². The van der Waals surface area contributed by atoms with Gasteiger partial charge < -0.3 is 14.6 Å². The molecular formula is C20H22O3. The number of hydrogen-bond acceptors (Lipinski definition) is 3. The molecule has 1 saturated heterocycles. The minimum Gasteiger partial charge on any atom is -0.508 e. The second kappa shape index (κ2) is 5.36. The molecule has 0 bridgehead atoms. The van der Waals surface area contributed by atoms with E-state index in [1.165, 1.54) is 11.1 Å². The van der Waals surface area contributed by atoms with Gasteiger partial charge in [0.1, 0.15) is 5.75 Å². The van der Waals surface area contributed by atoms with Gasteiger partial charge in [0.2, 0.25) is 0 Å². The van der Waals surface area contributed by atoms with Crippen LogP contribution in [-0.2, 0) is 14.9 Å². The van der Waals surface area contributed by atoms with Gasteiger partial charge in [-0.15, -0.1) is 0 Å². The Morgan fingerprint density at radius 2 is 1.39 bits per heavy atom. The Balaban J connectivity index is 1.64. The fourth-order valence-corrected chi connectivity index (χ4v) is 4.02. The maximum absolute atomic E-state index is 9.56. The van der Waals surface area contributed by atoms with Crippen LogP contribution in [0.3, 0.4) is 0 Å². The first-order chi connectivity index (χ1) is 11.1. The van der Waals surface area contributed by atoms with Gasteiger partial charge in [0.25, 0.3) is 0 Å². The summed E-state index contributed by atoms with van der Waals surface area (Å²) in [5.74, 6) is 1.04. The summed E-state index contributed by atoms with van der Waals surface area (Å²) in [6.45, 7) is 4.20. The fourth-order valence-electron chi connectivity index (χ4n) is 4.02. The van der Waals surface area contributed by atoms with Crippen LogP contribution in [0, 0.1) is 5.92 Å². The molecule has 3 heteroatoms. The molecule has 1 aliphatic heterocycles. The molecule has 2 aromatic rings. The first kappa shape index (κ1) is 14.7. The van der Waals surface area contributed by atoms with Crippen molar-refractivity contribution < 1.29 is 14.6 Å². The third-order valence-electron chi connectivity index (χ3n) is 5.18. The van der Waals surface area contributed by atoms with Crippen LogP contribution in [0.2, 0.25) is 0 Å². The molecule has 3 nitrogen and oxygen atoms in total. The van der Waals surface area contributed by atoms with Gasteiger partial charge in [0, 0.05) is 11.0 Å². The molecule has 2 aliphatic rings. The second-order valence-corrected chi connectivity index (χ2v) is 6.94. The number of benzene rings is 2. The summed E-state index contributed by atoms with van der Waals surface area (Å²) >= 11 is 0. The predicted octanol–water partition coefficient (Wildman–Crippen LogP) is 4.50. The van der Waals surface area contributed by atoms with Gasteiger partial charge in [0.15, 0.2) is 12.6 Å². The van der Waals surface area contributed by atoms with E-state index in [0.717, 1.165) is 24.3 Å². The van der Waals surface area contributed by atoms with Crippen LogP contribution in [0.5, 0.6) is 5.75 Å². The van der Waals surface area contributed by atoms with Gasteiger partial charge in [0.05, 0.1) is 0 Å². The summed E-state index contributed by atoms with van der Waals surface area (Å²) in [5.41, 5.74) is 3.75. The summed E-state index contributed by atoms with van der Waals surface area (Å²) < 4.78 is 11.1. The second-order valence-electron chi connectivity index (χ2n) is 6.94. The number of hydrogen-bond donors (Lipinski definition) is 1. The molecule has 2 fully saturated rings. The van der Waals surface area contributed by atoms with Crippen molar-refractivity contribution in [1.29, 1.82) is 0 Å². The van der Waals surface area contributed by atoms with Crippen molar-refractivity contribution >= 4 is 0 Å². The zero-order valence-electron chi connectivity index (χ0n) is 13.5. The highest BCUT2D eigenvalue weighted by Gasteiger charge is 2.44. The van der Waals surface area contributed by atoms with Gasteiger partial charge in [-0.2, -0.15) is 0 Å². The molecule has 120 valence electrons. The van der Waals surface area contributed by atoms with E-state index in [2.05, 4.69) is 43.3 Å². The van der Waals surface area contributed by atoms with Crippen molar-refractivity contribution in [3.63, 3.8) is 0 Å². The van der Waals surface area contributed by atoms with Crippen LogP contribution in [0.4, 0.5) is 0 Å². The van der Waals surface area contributed by atoms with E-state index >= 15 is 0 Å². The average molecular weight is 310 g/mol. The summed E-state index contributed by atoms with van der Waals surface area (Å²) in [7, 11) is 0. The lowest BCUT2D eigenvalue weighted by Crippen LogP contribution is -2.41. The molecule has 2 aromatic carbocycles. The summed E-state index contributed by atoms with van der Waals surface area (Å²) in [6, 6.07) is 16.3. The van der Waals surface area contributed by atoms with Crippen LogP contribution in [0.1, 0.15) is 49.7 Å². The van der Waals surface area contributed by atoms with E-state index in [1.807, 2.05) is 6.92 Å². The van der Waals surface area contributed by atoms with Gasteiger partial charge in [-0.3, -0.25) is 0 Å². The molecule has 0 aromatic heterocycles. The molecule has 0 unspecified atom stereocenters. The van der Waals surface area contributed by atoms with Crippen molar-refractivity contribution in [2.45, 2.75) is 44.7 Å². The van der Waals surface area contributed by atoms with Crippen molar-refractivity contribution in [2.24, 2.45) is 5.92 Å². The molecule has 1 heterocycles. The normalized spacial score (nSPS) is 32.9. The third-order valence-corrected chi connectivity index (χ3v) is 5.18. The Kier molecular flexibility index (Phi) is 3.43. The maximum Gasteiger partial charge on any atom is 0.189 e. The molecule has 23 heavy (non-hydrogen) atoms. The molecule has 1 aliphatic carbocycles. The highest BCUT2D eigenvalue weighted by molar-refractivity contribution is 5.44. The maximum atomic E-state index is 9.56.